The molecule has 11 rings (SSSR count). The van der Waals surface area contributed by atoms with Crippen molar-refractivity contribution in [1.29, 1.82) is 0 Å². The third-order valence-corrected chi connectivity index (χ3v) is 13.6. The molecule has 60 heavy (non-hydrogen) atoms. The first-order valence-corrected chi connectivity index (χ1v) is 21.6. The SMILES string of the molecule is [2H]C([2H])([2H])C12CC3(CCc4ccc(-c5ccccc5)nc4)CC(C([2H])([2H])Cc4ccc(-c5ccccc5)nc4)(C1)CC(C([2H])([2H])Cc1cnc(-c4ccccc4)cc1-c1ccc(C)cc1)(C3)C2. The first-order chi connectivity index (χ1) is 32.0. The molecule has 0 radical (unpaired) electrons. The van der Waals surface area contributed by atoms with Crippen molar-refractivity contribution < 1.29 is 9.60 Å². The molecule has 3 heteroatoms. The van der Waals surface area contributed by atoms with Crippen LogP contribution in [0.2, 0.25) is 0 Å². The van der Waals surface area contributed by atoms with E-state index in [0.29, 0.717) is 32.1 Å². The molecule has 3 aromatic heterocycles. The Morgan fingerprint density at radius 1 is 0.483 bits per heavy atom. The fourth-order valence-electron chi connectivity index (χ4n) is 11.5. The molecule has 300 valence electrons. The third-order valence-electron chi connectivity index (χ3n) is 13.6. The van der Waals surface area contributed by atoms with Crippen molar-refractivity contribution in [2.24, 2.45) is 21.7 Å². The molecule has 4 saturated carbocycles. The van der Waals surface area contributed by atoms with Gasteiger partial charge in [0, 0.05) is 44.9 Å². The van der Waals surface area contributed by atoms with Gasteiger partial charge in [0.25, 0.3) is 0 Å². The Labute approximate surface area is 367 Å². The molecule has 4 bridgehead atoms. The van der Waals surface area contributed by atoms with E-state index >= 15 is 0 Å². The minimum Gasteiger partial charge on any atom is -0.256 e. The zero-order chi connectivity index (χ0) is 46.7. The topological polar surface area (TPSA) is 38.7 Å². The van der Waals surface area contributed by atoms with E-state index in [-0.39, 0.29) is 32.1 Å². The smallest absolute Gasteiger partial charge is 0.0708 e. The molecule has 4 aliphatic rings. The van der Waals surface area contributed by atoms with Crippen LogP contribution in [0.1, 0.15) is 96.4 Å². The summed E-state index contributed by atoms with van der Waals surface area (Å²) < 4.78 is 69.5. The second kappa shape index (κ2) is 15.7. The van der Waals surface area contributed by atoms with Gasteiger partial charge < -0.3 is 0 Å². The Morgan fingerprint density at radius 3 is 1.53 bits per heavy atom. The summed E-state index contributed by atoms with van der Waals surface area (Å²) in [6.45, 7) is -0.387. The number of hydrogen-bond acceptors (Lipinski definition) is 3. The molecular weight excluding hydrogens is 727 g/mol. The normalized spacial score (nSPS) is 26.5. The number of rotatable bonds is 13. The summed E-state index contributed by atoms with van der Waals surface area (Å²) in [7, 11) is 0. The minimum atomic E-state index is -2.44. The van der Waals surface area contributed by atoms with Crippen LogP contribution in [0.5, 0.6) is 0 Å². The van der Waals surface area contributed by atoms with E-state index in [1.807, 2.05) is 122 Å². The van der Waals surface area contributed by atoms with Crippen molar-refractivity contribution in [3.8, 4) is 44.9 Å². The maximum Gasteiger partial charge on any atom is 0.0708 e. The first-order valence-electron chi connectivity index (χ1n) is 25.1. The monoisotopic (exact) mass is 790 g/mol. The molecule has 4 atom stereocenters. The second-order valence-electron chi connectivity index (χ2n) is 18.4. The predicted octanol–water partition coefficient (Wildman–Crippen LogP) is 14.4. The number of nitrogens with zero attached hydrogens (tertiary/aromatic N) is 3. The largest absolute Gasteiger partial charge is 0.256 e. The van der Waals surface area contributed by atoms with Crippen LogP contribution in [0.25, 0.3) is 44.9 Å². The average molecular weight is 791 g/mol. The maximum absolute atomic E-state index is 10.5. The summed E-state index contributed by atoms with van der Waals surface area (Å²) in [5.41, 5.74) is 6.78. The molecule has 7 aromatic rings. The van der Waals surface area contributed by atoms with Crippen molar-refractivity contribution >= 4 is 0 Å². The van der Waals surface area contributed by atoms with Gasteiger partial charge in [-0.15, -0.1) is 0 Å². The molecule has 0 aliphatic heterocycles. The van der Waals surface area contributed by atoms with Crippen molar-refractivity contribution in [3.63, 3.8) is 0 Å². The summed E-state index contributed by atoms with van der Waals surface area (Å²) in [6.07, 6.45) is 5.02. The molecule has 4 fully saturated rings. The standard InChI is InChI=1S/C57H57N3/c1-42-18-22-45(23-19-42)50-32-53(48-16-10-5-11-17-48)60-35-49(50)28-31-57-38-54(2)36-55(40-57,29-26-43-20-24-51(58-33-43)46-12-6-3-7-13-46)39-56(37-54,41-57)30-27-44-21-25-52(59-34-44)47-14-8-4-9-15-47/h3-25,32-35H,26-31,36-41H2,1-2H3/i2D3,29D2,31D2. The van der Waals surface area contributed by atoms with Gasteiger partial charge in [-0.1, -0.05) is 140 Å². The molecule has 0 N–H and O–H groups in total. The van der Waals surface area contributed by atoms with Crippen molar-refractivity contribution in [2.45, 2.75) is 90.7 Å². The van der Waals surface area contributed by atoms with Gasteiger partial charge in [-0.3, -0.25) is 15.0 Å². The highest BCUT2D eigenvalue weighted by atomic mass is 14.7. The molecule has 4 aromatic carbocycles. The molecule has 3 heterocycles. The Morgan fingerprint density at radius 2 is 0.983 bits per heavy atom. The molecule has 0 amide bonds. The molecule has 3 nitrogen and oxygen atoms in total. The van der Waals surface area contributed by atoms with Crippen LogP contribution in [-0.4, -0.2) is 15.0 Å². The van der Waals surface area contributed by atoms with Crippen LogP contribution in [0.3, 0.4) is 0 Å². The second-order valence-corrected chi connectivity index (χ2v) is 18.4. The van der Waals surface area contributed by atoms with E-state index in [4.69, 9.17) is 15.0 Å². The molecule has 4 unspecified atom stereocenters. The van der Waals surface area contributed by atoms with Crippen LogP contribution in [0, 0.1) is 28.6 Å². The van der Waals surface area contributed by atoms with Crippen molar-refractivity contribution in [3.05, 3.63) is 186 Å². The van der Waals surface area contributed by atoms with Gasteiger partial charge in [0.2, 0.25) is 0 Å². The van der Waals surface area contributed by atoms with Crippen LogP contribution >= 0.6 is 0 Å². The van der Waals surface area contributed by atoms with Gasteiger partial charge in [0.15, 0.2) is 0 Å². The number of aromatic nitrogens is 3. The van der Waals surface area contributed by atoms with Crippen LogP contribution < -0.4 is 0 Å². The zero-order valence-corrected chi connectivity index (χ0v) is 34.5. The van der Waals surface area contributed by atoms with E-state index in [2.05, 4.69) is 43.3 Å². The first kappa shape index (κ1) is 31.2. The Balaban J connectivity index is 1.06. The lowest BCUT2D eigenvalue weighted by atomic mass is 9.34. The van der Waals surface area contributed by atoms with Gasteiger partial charge in [-0.05, 0) is 152 Å². The van der Waals surface area contributed by atoms with E-state index in [0.717, 1.165) is 67.2 Å². The molecular formula is C57H57N3. The molecule has 0 spiro atoms. The van der Waals surface area contributed by atoms with Gasteiger partial charge in [0.05, 0.1) is 17.1 Å². The number of hydrogen-bond donors (Lipinski definition) is 0. The van der Waals surface area contributed by atoms with Crippen LogP contribution in [0.15, 0.2) is 164 Å². The maximum atomic E-state index is 10.5. The minimum absolute atomic E-state index is 0.0141. The van der Waals surface area contributed by atoms with Gasteiger partial charge in [-0.25, -0.2) is 0 Å². The van der Waals surface area contributed by atoms with Crippen molar-refractivity contribution in [1.82, 2.24) is 15.0 Å². The van der Waals surface area contributed by atoms with Gasteiger partial charge in [-0.2, -0.15) is 0 Å². The predicted molar refractivity (Wildman–Crippen MR) is 247 cm³/mol. The highest BCUT2D eigenvalue weighted by Gasteiger charge is 2.65. The Bertz CT molecular complexity index is 2850. The van der Waals surface area contributed by atoms with E-state index in [9.17, 15) is 9.60 Å². The quantitative estimate of drug-likeness (QED) is 0.117. The summed E-state index contributed by atoms with van der Waals surface area (Å²) in [5.74, 6) is 0. The third kappa shape index (κ3) is 7.99. The number of benzene rings is 4. The highest BCUT2D eigenvalue weighted by Crippen LogP contribution is 2.76. The fraction of sp³-hybridized carbons (Fsp3) is 0.316. The van der Waals surface area contributed by atoms with Crippen molar-refractivity contribution in [2.75, 3.05) is 0 Å². The summed E-state index contributed by atoms with van der Waals surface area (Å²) >= 11 is 0. The lowest BCUT2D eigenvalue weighted by Gasteiger charge is -2.71. The number of aryl methyl sites for hydroxylation is 4. The fourth-order valence-corrected chi connectivity index (χ4v) is 11.5. The Kier molecular flexibility index (Phi) is 8.19. The lowest BCUT2D eigenvalue weighted by Crippen LogP contribution is -2.60. The lowest BCUT2D eigenvalue weighted by molar-refractivity contribution is -0.202. The molecule has 0 saturated heterocycles. The molecule has 4 aliphatic carbocycles. The van der Waals surface area contributed by atoms with E-state index in [1.54, 1.807) is 6.20 Å². The summed E-state index contributed by atoms with van der Waals surface area (Å²) in [5, 5.41) is 0. The Hall–Kier alpha value is -5.67. The van der Waals surface area contributed by atoms with Gasteiger partial charge in [0.1, 0.15) is 0 Å². The van der Waals surface area contributed by atoms with E-state index < -0.39 is 41.3 Å². The van der Waals surface area contributed by atoms with Crippen LogP contribution in [0.4, 0.5) is 0 Å². The highest BCUT2D eigenvalue weighted by molar-refractivity contribution is 5.73. The number of pyridine rings is 3. The zero-order valence-electron chi connectivity index (χ0n) is 41.5. The van der Waals surface area contributed by atoms with E-state index in [1.165, 1.54) is 0 Å². The van der Waals surface area contributed by atoms with Crippen LogP contribution in [-0.2, 0) is 19.3 Å². The summed E-state index contributed by atoms with van der Waals surface area (Å²) in [4.78, 5) is 14.5. The summed E-state index contributed by atoms with van der Waals surface area (Å²) in [6, 6.07) is 48.3. The average Bonchev–Trinajstić information content (AvgIpc) is 3.32. The van der Waals surface area contributed by atoms with Gasteiger partial charge >= 0.3 is 0 Å².